The number of carbonyl (C=O) groups excluding carboxylic acids is 1. The molecule has 1 aromatic heterocycles. The van der Waals surface area contributed by atoms with Crippen LogP contribution in [0.5, 0.6) is 5.75 Å². The highest BCUT2D eigenvalue weighted by Crippen LogP contribution is 2.41. The zero-order valence-corrected chi connectivity index (χ0v) is 19.1. The molecule has 1 fully saturated rings. The molecule has 1 aliphatic rings. The number of ether oxygens (including phenoxy) is 2. The Hall–Kier alpha value is -3.91. The van der Waals surface area contributed by atoms with E-state index in [9.17, 15) is 13.6 Å². The lowest BCUT2D eigenvalue weighted by Gasteiger charge is -2.30. The van der Waals surface area contributed by atoms with Crippen LogP contribution in [0.2, 0.25) is 0 Å². The first-order chi connectivity index (χ1) is 17.0. The van der Waals surface area contributed by atoms with E-state index in [1.54, 1.807) is 37.4 Å². The predicted octanol–water partition coefficient (Wildman–Crippen LogP) is 5.15. The predicted molar refractivity (Wildman–Crippen MR) is 129 cm³/mol. The molecular formula is C27H24F2N2O4. The van der Waals surface area contributed by atoms with E-state index in [1.807, 2.05) is 6.07 Å². The van der Waals surface area contributed by atoms with Gasteiger partial charge < -0.3 is 24.1 Å². The van der Waals surface area contributed by atoms with Crippen LogP contribution in [-0.2, 0) is 11.3 Å². The Kier molecular flexibility index (Phi) is 6.37. The molecule has 0 atom stereocenters. The van der Waals surface area contributed by atoms with E-state index >= 15 is 0 Å². The second kappa shape index (κ2) is 9.76. The highest BCUT2D eigenvalue weighted by Gasteiger charge is 2.25. The van der Waals surface area contributed by atoms with Gasteiger partial charge in [-0.25, -0.2) is 8.78 Å². The summed E-state index contributed by atoms with van der Waals surface area (Å²) in [5, 5.41) is 3.24. The first-order valence-electron chi connectivity index (χ1n) is 11.3. The quantitative estimate of drug-likeness (QED) is 0.415. The molecule has 0 unspecified atom stereocenters. The molecule has 1 amide bonds. The van der Waals surface area contributed by atoms with Crippen molar-refractivity contribution >= 4 is 22.6 Å². The van der Waals surface area contributed by atoms with E-state index < -0.39 is 0 Å². The van der Waals surface area contributed by atoms with Crippen LogP contribution < -0.4 is 15.0 Å². The minimum Gasteiger partial charge on any atom is -0.487 e. The summed E-state index contributed by atoms with van der Waals surface area (Å²) < 4.78 is 44.7. The third-order valence-corrected chi connectivity index (χ3v) is 5.99. The number of benzene rings is 3. The summed E-state index contributed by atoms with van der Waals surface area (Å²) in [6, 6.07) is 15.6. The Morgan fingerprint density at radius 3 is 2.31 bits per heavy atom. The fourth-order valence-electron chi connectivity index (χ4n) is 4.18. The third-order valence-electron chi connectivity index (χ3n) is 5.99. The van der Waals surface area contributed by atoms with Crippen molar-refractivity contribution in [2.24, 2.45) is 0 Å². The lowest BCUT2D eigenvalue weighted by Crippen LogP contribution is -2.36. The Labute approximate surface area is 201 Å². The monoisotopic (exact) mass is 478 g/mol. The van der Waals surface area contributed by atoms with Gasteiger partial charge in [-0.2, -0.15) is 0 Å². The lowest BCUT2D eigenvalue weighted by molar-refractivity contribution is 0.0964. The molecule has 0 radical (unpaired) electrons. The number of fused-ring (bicyclic) bond motifs is 1. The van der Waals surface area contributed by atoms with E-state index in [-0.39, 0.29) is 24.1 Å². The fourth-order valence-corrected chi connectivity index (χ4v) is 4.18. The van der Waals surface area contributed by atoms with Gasteiger partial charge in [-0.3, -0.25) is 4.79 Å². The number of hydrogen-bond donors (Lipinski definition) is 1. The fraction of sp³-hybridized carbons (Fsp3) is 0.222. The second-order valence-electron chi connectivity index (χ2n) is 8.22. The maximum absolute atomic E-state index is 13.5. The number of rotatable bonds is 6. The molecule has 0 aliphatic carbocycles. The van der Waals surface area contributed by atoms with Gasteiger partial charge in [-0.05, 0) is 48.0 Å². The SMILES string of the molecule is CNC(=O)c1c(-c2ccc(F)cc2)oc2cc(N3CCOCC3)c(OCc3ccc(F)cc3)cc12. The lowest BCUT2D eigenvalue weighted by atomic mass is 10.0. The minimum absolute atomic E-state index is 0.223. The van der Waals surface area contributed by atoms with E-state index in [2.05, 4.69) is 10.2 Å². The van der Waals surface area contributed by atoms with Crippen molar-refractivity contribution in [3.05, 3.63) is 83.4 Å². The van der Waals surface area contributed by atoms with E-state index in [4.69, 9.17) is 13.9 Å². The normalized spacial score (nSPS) is 13.7. The number of morpholine rings is 1. The largest absolute Gasteiger partial charge is 0.487 e. The molecular weight excluding hydrogens is 454 g/mol. The zero-order chi connectivity index (χ0) is 24.4. The zero-order valence-electron chi connectivity index (χ0n) is 19.1. The van der Waals surface area contributed by atoms with Gasteiger partial charge >= 0.3 is 0 Å². The first kappa shape index (κ1) is 22.9. The molecule has 0 spiro atoms. The molecule has 1 aliphatic heterocycles. The molecule has 0 bridgehead atoms. The van der Waals surface area contributed by atoms with Crippen molar-refractivity contribution in [1.82, 2.24) is 5.32 Å². The van der Waals surface area contributed by atoms with Gasteiger partial charge in [0, 0.05) is 37.2 Å². The van der Waals surface area contributed by atoms with Crippen LogP contribution in [-0.4, -0.2) is 39.3 Å². The van der Waals surface area contributed by atoms with Crippen molar-refractivity contribution in [3.8, 4) is 17.1 Å². The highest BCUT2D eigenvalue weighted by molar-refractivity contribution is 6.12. The van der Waals surface area contributed by atoms with Gasteiger partial charge in [0.05, 0.1) is 24.5 Å². The topological polar surface area (TPSA) is 63.9 Å². The molecule has 6 nitrogen and oxygen atoms in total. The van der Waals surface area contributed by atoms with E-state index in [0.717, 1.165) is 11.3 Å². The Morgan fingerprint density at radius 1 is 1.00 bits per heavy atom. The van der Waals surface area contributed by atoms with Crippen LogP contribution in [0.3, 0.4) is 0 Å². The van der Waals surface area contributed by atoms with Crippen molar-refractivity contribution < 1.29 is 27.5 Å². The van der Waals surface area contributed by atoms with Crippen LogP contribution in [0, 0.1) is 11.6 Å². The highest BCUT2D eigenvalue weighted by atomic mass is 19.1. The van der Waals surface area contributed by atoms with Gasteiger partial charge in [0.1, 0.15) is 35.3 Å². The van der Waals surface area contributed by atoms with Crippen molar-refractivity contribution in [3.63, 3.8) is 0 Å². The summed E-state index contributed by atoms with van der Waals surface area (Å²) in [7, 11) is 1.55. The van der Waals surface area contributed by atoms with Crippen LogP contribution in [0.1, 0.15) is 15.9 Å². The molecule has 35 heavy (non-hydrogen) atoms. The van der Waals surface area contributed by atoms with Gasteiger partial charge in [-0.1, -0.05) is 12.1 Å². The van der Waals surface area contributed by atoms with Crippen LogP contribution >= 0.6 is 0 Å². The first-order valence-corrected chi connectivity index (χ1v) is 11.3. The van der Waals surface area contributed by atoms with Gasteiger partial charge in [0.25, 0.3) is 5.91 Å². The van der Waals surface area contributed by atoms with Gasteiger partial charge in [-0.15, -0.1) is 0 Å². The van der Waals surface area contributed by atoms with Crippen LogP contribution in [0.25, 0.3) is 22.3 Å². The molecule has 0 saturated carbocycles. The summed E-state index contributed by atoms with van der Waals surface area (Å²) in [5.41, 5.74) is 3.06. The average molecular weight is 478 g/mol. The number of carbonyl (C=O) groups is 1. The minimum atomic E-state index is -0.377. The van der Waals surface area contributed by atoms with E-state index in [0.29, 0.717) is 59.9 Å². The number of anilines is 1. The standard InChI is InChI=1S/C27H24F2N2O4/c1-30-27(32)25-21-14-24(34-16-17-2-6-19(28)7-3-17)22(31-10-12-33-13-11-31)15-23(21)35-26(25)18-4-8-20(29)9-5-18/h2-9,14-15H,10-13,16H2,1H3,(H,30,32). The van der Waals surface area contributed by atoms with Crippen molar-refractivity contribution in [2.75, 3.05) is 38.3 Å². The Morgan fingerprint density at radius 2 is 1.66 bits per heavy atom. The van der Waals surface area contributed by atoms with Gasteiger partial charge in [0.15, 0.2) is 0 Å². The number of halogens is 2. The third kappa shape index (κ3) is 4.70. The van der Waals surface area contributed by atoms with Crippen LogP contribution in [0.4, 0.5) is 14.5 Å². The van der Waals surface area contributed by atoms with Crippen molar-refractivity contribution in [1.29, 1.82) is 0 Å². The summed E-state index contributed by atoms with van der Waals surface area (Å²) in [6.45, 7) is 2.73. The van der Waals surface area contributed by atoms with Crippen molar-refractivity contribution in [2.45, 2.75) is 6.61 Å². The summed E-state index contributed by atoms with van der Waals surface area (Å²) in [6.07, 6.45) is 0. The molecule has 2 heterocycles. The molecule has 5 rings (SSSR count). The van der Waals surface area contributed by atoms with E-state index in [1.165, 1.54) is 24.3 Å². The van der Waals surface area contributed by atoms with Crippen LogP contribution in [0.15, 0.2) is 65.1 Å². The number of amides is 1. The Bertz CT molecular complexity index is 1340. The van der Waals surface area contributed by atoms with Gasteiger partial charge in [0.2, 0.25) is 0 Å². The maximum atomic E-state index is 13.5. The molecule has 3 aromatic carbocycles. The number of hydrogen-bond acceptors (Lipinski definition) is 5. The maximum Gasteiger partial charge on any atom is 0.255 e. The summed E-state index contributed by atoms with van der Waals surface area (Å²) in [5.74, 6) is -0.0986. The second-order valence-corrected chi connectivity index (χ2v) is 8.22. The molecule has 1 N–H and O–H groups in total. The Balaban J connectivity index is 1.63. The summed E-state index contributed by atoms with van der Waals surface area (Å²) >= 11 is 0. The molecule has 4 aromatic rings. The smallest absolute Gasteiger partial charge is 0.255 e. The number of nitrogens with one attached hydrogen (secondary N) is 1. The number of furan rings is 1. The average Bonchev–Trinajstić information content (AvgIpc) is 3.26. The molecule has 8 heteroatoms. The molecule has 1 saturated heterocycles. The number of nitrogens with zero attached hydrogens (tertiary/aromatic N) is 1. The summed E-state index contributed by atoms with van der Waals surface area (Å²) in [4.78, 5) is 15.1. The molecule has 180 valence electrons.